The van der Waals surface area contributed by atoms with Gasteiger partial charge in [0, 0.05) is 6.54 Å². The normalized spacial score (nSPS) is 9.96. The Hall–Kier alpha value is -3.02. The molecule has 0 aliphatic carbocycles. The summed E-state index contributed by atoms with van der Waals surface area (Å²) in [6.45, 7) is 2.12. The molecular formula is C18H20N2O4. The highest BCUT2D eigenvalue weighted by atomic mass is 16.5. The standard InChI is InChI=1S/C18H20N2O4/c1-12-7-8-16(24-3)15(9-12)20-18(22)17(21)19-11-13-5-4-6-14(10-13)23-2/h4-10H,11H2,1-3H3,(H,19,21)(H,20,22). The van der Waals surface area contributed by atoms with Crippen molar-refractivity contribution in [2.45, 2.75) is 13.5 Å². The molecule has 0 aliphatic heterocycles. The predicted octanol–water partition coefficient (Wildman–Crippen LogP) is 2.27. The molecule has 2 amide bonds. The van der Waals surface area contributed by atoms with Gasteiger partial charge in [0.25, 0.3) is 0 Å². The first kappa shape index (κ1) is 17.3. The number of carbonyl (C=O) groups excluding carboxylic acids is 2. The third-order valence-corrected chi connectivity index (χ3v) is 3.40. The van der Waals surface area contributed by atoms with E-state index in [4.69, 9.17) is 9.47 Å². The summed E-state index contributed by atoms with van der Waals surface area (Å²) in [7, 11) is 3.07. The fraction of sp³-hybridized carbons (Fsp3) is 0.222. The summed E-state index contributed by atoms with van der Waals surface area (Å²) in [4.78, 5) is 24.0. The molecule has 0 aromatic heterocycles. The Kier molecular flexibility index (Phi) is 5.78. The molecule has 0 saturated heterocycles. The van der Waals surface area contributed by atoms with Crippen molar-refractivity contribution >= 4 is 17.5 Å². The maximum absolute atomic E-state index is 12.0. The van der Waals surface area contributed by atoms with Crippen molar-refractivity contribution in [1.82, 2.24) is 5.32 Å². The maximum Gasteiger partial charge on any atom is 0.313 e. The first-order valence-corrected chi connectivity index (χ1v) is 7.40. The minimum absolute atomic E-state index is 0.231. The maximum atomic E-state index is 12.0. The molecule has 0 heterocycles. The van der Waals surface area contributed by atoms with Gasteiger partial charge < -0.3 is 20.1 Å². The average molecular weight is 328 g/mol. The van der Waals surface area contributed by atoms with E-state index in [0.717, 1.165) is 11.1 Å². The second-order valence-corrected chi connectivity index (χ2v) is 5.19. The minimum Gasteiger partial charge on any atom is -0.497 e. The molecule has 6 nitrogen and oxygen atoms in total. The van der Waals surface area contributed by atoms with Gasteiger partial charge in [0.05, 0.1) is 19.9 Å². The van der Waals surface area contributed by atoms with Crippen molar-refractivity contribution in [3.8, 4) is 11.5 Å². The quantitative estimate of drug-likeness (QED) is 0.826. The van der Waals surface area contributed by atoms with Crippen LogP contribution in [0, 0.1) is 6.92 Å². The molecule has 0 fully saturated rings. The van der Waals surface area contributed by atoms with E-state index in [2.05, 4.69) is 10.6 Å². The summed E-state index contributed by atoms with van der Waals surface area (Å²) in [5, 5.41) is 5.14. The van der Waals surface area contributed by atoms with Gasteiger partial charge in [-0.05, 0) is 42.3 Å². The molecule has 2 aromatic rings. The summed E-state index contributed by atoms with van der Waals surface area (Å²) < 4.78 is 10.3. The summed E-state index contributed by atoms with van der Waals surface area (Å²) in [6.07, 6.45) is 0. The molecule has 0 saturated carbocycles. The Morgan fingerprint density at radius 2 is 1.79 bits per heavy atom. The zero-order valence-corrected chi connectivity index (χ0v) is 13.9. The fourth-order valence-corrected chi connectivity index (χ4v) is 2.14. The number of anilines is 1. The number of nitrogens with one attached hydrogen (secondary N) is 2. The lowest BCUT2D eigenvalue weighted by atomic mass is 10.2. The summed E-state index contributed by atoms with van der Waals surface area (Å²) in [5.74, 6) is -0.284. The lowest BCUT2D eigenvalue weighted by molar-refractivity contribution is -0.136. The number of ether oxygens (including phenoxy) is 2. The van der Waals surface area contributed by atoms with Gasteiger partial charge in [-0.1, -0.05) is 18.2 Å². The Balaban J connectivity index is 1.97. The van der Waals surface area contributed by atoms with Crippen LogP contribution >= 0.6 is 0 Å². The second-order valence-electron chi connectivity index (χ2n) is 5.19. The topological polar surface area (TPSA) is 76.7 Å². The van der Waals surface area contributed by atoms with E-state index in [-0.39, 0.29) is 6.54 Å². The Morgan fingerprint density at radius 3 is 2.50 bits per heavy atom. The van der Waals surface area contributed by atoms with Gasteiger partial charge in [0.15, 0.2) is 0 Å². The molecule has 2 N–H and O–H groups in total. The minimum atomic E-state index is -0.748. The van der Waals surface area contributed by atoms with Crippen LogP contribution in [0.5, 0.6) is 11.5 Å². The molecule has 0 atom stereocenters. The van der Waals surface area contributed by atoms with Crippen LogP contribution in [0.25, 0.3) is 0 Å². The van der Waals surface area contributed by atoms with Crippen LogP contribution in [-0.2, 0) is 16.1 Å². The molecule has 2 aromatic carbocycles. The van der Waals surface area contributed by atoms with Crippen LogP contribution in [0.15, 0.2) is 42.5 Å². The third-order valence-electron chi connectivity index (χ3n) is 3.40. The number of amides is 2. The van der Waals surface area contributed by atoms with Crippen LogP contribution in [0.4, 0.5) is 5.69 Å². The van der Waals surface area contributed by atoms with Gasteiger partial charge in [-0.2, -0.15) is 0 Å². The van der Waals surface area contributed by atoms with Gasteiger partial charge in [-0.3, -0.25) is 9.59 Å². The van der Waals surface area contributed by atoms with Crippen molar-refractivity contribution in [2.75, 3.05) is 19.5 Å². The SMILES string of the molecule is COc1cccc(CNC(=O)C(=O)Nc2cc(C)ccc2OC)c1. The Morgan fingerprint density at radius 1 is 1.00 bits per heavy atom. The van der Waals surface area contributed by atoms with E-state index in [9.17, 15) is 9.59 Å². The molecular weight excluding hydrogens is 308 g/mol. The summed E-state index contributed by atoms with van der Waals surface area (Å²) in [6, 6.07) is 12.6. The van der Waals surface area contributed by atoms with Crippen LogP contribution in [0.1, 0.15) is 11.1 Å². The number of rotatable bonds is 5. The summed E-state index contributed by atoms with van der Waals surface area (Å²) >= 11 is 0. The first-order valence-electron chi connectivity index (χ1n) is 7.40. The molecule has 0 radical (unpaired) electrons. The van der Waals surface area contributed by atoms with E-state index in [1.165, 1.54) is 7.11 Å². The highest BCUT2D eigenvalue weighted by Gasteiger charge is 2.15. The van der Waals surface area contributed by atoms with Crippen LogP contribution in [0.3, 0.4) is 0 Å². The van der Waals surface area contributed by atoms with E-state index in [0.29, 0.717) is 17.2 Å². The van der Waals surface area contributed by atoms with E-state index in [1.807, 2.05) is 31.2 Å². The summed E-state index contributed by atoms with van der Waals surface area (Å²) in [5.41, 5.74) is 2.24. The molecule has 0 bridgehead atoms. The van der Waals surface area contributed by atoms with Crippen LogP contribution in [0.2, 0.25) is 0 Å². The number of hydrogen-bond acceptors (Lipinski definition) is 4. The molecule has 24 heavy (non-hydrogen) atoms. The fourth-order valence-electron chi connectivity index (χ4n) is 2.14. The van der Waals surface area contributed by atoms with Crippen LogP contribution < -0.4 is 20.1 Å². The number of carbonyl (C=O) groups is 2. The van der Waals surface area contributed by atoms with Gasteiger partial charge >= 0.3 is 11.8 Å². The second kappa shape index (κ2) is 8.01. The van der Waals surface area contributed by atoms with Crippen molar-refractivity contribution in [1.29, 1.82) is 0 Å². The molecule has 126 valence electrons. The van der Waals surface area contributed by atoms with Crippen LogP contribution in [-0.4, -0.2) is 26.0 Å². The lowest BCUT2D eigenvalue weighted by Gasteiger charge is -2.11. The van der Waals surface area contributed by atoms with Crippen molar-refractivity contribution in [3.05, 3.63) is 53.6 Å². The van der Waals surface area contributed by atoms with E-state index in [1.54, 1.807) is 25.3 Å². The molecule has 2 rings (SSSR count). The van der Waals surface area contributed by atoms with Gasteiger partial charge in [-0.15, -0.1) is 0 Å². The molecule has 0 aliphatic rings. The smallest absolute Gasteiger partial charge is 0.313 e. The van der Waals surface area contributed by atoms with Gasteiger partial charge in [0.1, 0.15) is 11.5 Å². The zero-order valence-electron chi connectivity index (χ0n) is 13.9. The number of aryl methyl sites for hydroxylation is 1. The first-order chi connectivity index (χ1) is 11.5. The molecule has 0 spiro atoms. The van der Waals surface area contributed by atoms with Crippen molar-refractivity contribution in [2.24, 2.45) is 0 Å². The zero-order chi connectivity index (χ0) is 17.5. The number of methoxy groups -OCH3 is 2. The monoisotopic (exact) mass is 328 g/mol. The molecule has 6 heteroatoms. The van der Waals surface area contributed by atoms with E-state index >= 15 is 0 Å². The van der Waals surface area contributed by atoms with Crippen molar-refractivity contribution in [3.63, 3.8) is 0 Å². The largest absolute Gasteiger partial charge is 0.497 e. The van der Waals surface area contributed by atoms with Gasteiger partial charge in [0.2, 0.25) is 0 Å². The number of hydrogen-bond donors (Lipinski definition) is 2. The predicted molar refractivity (Wildman–Crippen MR) is 91.2 cm³/mol. The highest BCUT2D eigenvalue weighted by molar-refractivity contribution is 6.39. The Bertz CT molecular complexity index is 744. The number of benzene rings is 2. The van der Waals surface area contributed by atoms with Crippen molar-refractivity contribution < 1.29 is 19.1 Å². The van der Waals surface area contributed by atoms with Gasteiger partial charge in [-0.25, -0.2) is 0 Å². The van der Waals surface area contributed by atoms with E-state index < -0.39 is 11.8 Å². The molecule has 0 unspecified atom stereocenters. The Labute approximate surface area is 140 Å². The lowest BCUT2D eigenvalue weighted by Crippen LogP contribution is -2.35. The highest BCUT2D eigenvalue weighted by Crippen LogP contribution is 2.25. The third kappa shape index (κ3) is 4.49. The average Bonchev–Trinajstić information content (AvgIpc) is 2.60.